The fraction of sp³-hybridized carbons (Fsp3) is 0.714. The summed E-state index contributed by atoms with van der Waals surface area (Å²) in [5.74, 6) is 0. The van der Waals surface area contributed by atoms with Gasteiger partial charge in [0.15, 0.2) is 0 Å². The van der Waals surface area contributed by atoms with Crippen LogP contribution in [-0.2, 0) is 0 Å². The second-order valence-corrected chi connectivity index (χ2v) is 1.93. The van der Waals surface area contributed by atoms with E-state index in [1.807, 2.05) is 0 Å². The van der Waals surface area contributed by atoms with Crippen LogP contribution >= 0.6 is 24.0 Å². The average molecular weight is 250 g/mol. The molecule has 0 aromatic heterocycles. The van der Waals surface area contributed by atoms with Crippen LogP contribution in [0, 0.1) is 13.8 Å². The molecule has 2 heteroatoms. The van der Waals surface area contributed by atoms with Crippen molar-refractivity contribution in [2.45, 2.75) is 32.1 Å². The van der Waals surface area contributed by atoms with E-state index >= 15 is 0 Å². The van der Waals surface area contributed by atoms with E-state index in [4.69, 9.17) is 0 Å². The predicted molar refractivity (Wildman–Crippen MR) is 55.0 cm³/mol. The molecule has 0 bridgehead atoms. The second kappa shape index (κ2) is 12.2. The Morgan fingerprint density at radius 1 is 0.889 bits per heavy atom. The first-order valence-corrected chi connectivity index (χ1v) is 2.82. The summed E-state index contributed by atoms with van der Waals surface area (Å²) in [7, 11) is 0. The van der Waals surface area contributed by atoms with Crippen LogP contribution in [0.1, 0.15) is 32.1 Å². The molecule has 0 unspecified atom stereocenters. The summed E-state index contributed by atoms with van der Waals surface area (Å²) >= 11 is 0. The Balaban J connectivity index is -0.000000120. The minimum absolute atomic E-state index is 0. The van der Waals surface area contributed by atoms with Crippen LogP contribution < -0.4 is 0 Å². The van der Waals surface area contributed by atoms with Gasteiger partial charge in [0.25, 0.3) is 0 Å². The zero-order chi connectivity index (χ0) is 4.24. The molecular weight excluding hydrogens is 235 g/mol. The first-order chi connectivity index (χ1) is 3.00. The molecular formula is C7H15IMg. The van der Waals surface area contributed by atoms with E-state index in [2.05, 4.69) is 6.42 Å². The standard InChI is InChI=1S/C6H11.CH3.HI.Mg/c1-2-4-6-5-3-1;;;/h1H,2-6H2;1H3;1H;/q2*-1;;+2. The van der Waals surface area contributed by atoms with Crippen LogP contribution in [0.4, 0.5) is 0 Å². The van der Waals surface area contributed by atoms with Crippen LogP contribution in [0.2, 0.25) is 0 Å². The van der Waals surface area contributed by atoms with Crippen molar-refractivity contribution in [3.63, 3.8) is 0 Å². The summed E-state index contributed by atoms with van der Waals surface area (Å²) in [4.78, 5) is 0. The van der Waals surface area contributed by atoms with Crippen molar-refractivity contribution in [3.8, 4) is 0 Å². The zero-order valence-electron chi connectivity index (χ0n) is 6.23. The summed E-state index contributed by atoms with van der Waals surface area (Å²) in [5.41, 5.74) is 0. The monoisotopic (exact) mass is 250 g/mol. The van der Waals surface area contributed by atoms with Gasteiger partial charge in [-0.25, -0.2) is 0 Å². The van der Waals surface area contributed by atoms with Gasteiger partial charge in [-0.15, -0.1) is 24.0 Å². The summed E-state index contributed by atoms with van der Waals surface area (Å²) in [5, 5.41) is 0. The van der Waals surface area contributed by atoms with E-state index in [1.165, 1.54) is 32.1 Å². The topological polar surface area (TPSA) is 0 Å². The molecule has 0 heterocycles. The normalized spacial score (nSPS) is 16.0. The van der Waals surface area contributed by atoms with Crippen LogP contribution in [0.3, 0.4) is 0 Å². The second-order valence-electron chi connectivity index (χ2n) is 1.93. The molecule has 9 heavy (non-hydrogen) atoms. The fourth-order valence-electron chi connectivity index (χ4n) is 0.898. The molecule has 52 valence electrons. The molecule has 0 nitrogen and oxygen atoms in total. The van der Waals surface area contributed by atoms with E-state index in [0.29, 0.717) is 0 Å². The van der Waals surface area contributed by atoms with Crippen molar-refractivity contribution in [1.29, 1.82) is 0 Å². The molecule has 0 aromatic rings. The predicted octanol–water partition coefficient (Wildman–Crippen LogP) is 2.84. The number of hydrogen-bond acceptors (Lipinski definition) is 0. The van der Waals surface area contributed by atoms with Gasteiger partial charge in [-0.1, -0.05) is 19.3 Å². The first kappa shape index (κ1) is 16.8. The smallest absolute Gasteiger partial charge is 0.358 e. The third-order valence-corrected chi connectivity index (χ3v) is 1.32. The van der Waals surface area contributed by atoms with E-state index in [9.17, 15) is 0 Å². The van der Waals surface area contributed by atoms with Gasteiger partial charge in [0.05, 0.1) is 0 Å². The van der Waals surface area contributed by atoms with Gasteiger partial charge in [-0.05, 0) is 0 Å². The van der Waals surface area contributed by atoms with Gasteiger partial charge in [-0.2, -0.15) is 12.8 Å². The molecule has 1 aliphatic rings. The molecule has 0 spiro atoms. The molecule has 0 amide bonds. The van der Waals surface area contributed by atoms with Crippen molar-refractivity contribution in [2.75, 3.05) is 0 Å². The third-order valence-electron chi connectivity index (χ3n) is 1.32. The minimum atomic E-state index is 0. The van der Waals surface area contributed by atoms with E-state index in [1.54, 1.807) is 0 Å². The number of rotatable bonds is 0. The van der Waals surface area contributed by atoms with Crippen molar-refractivity contribution in [3.05, 3.63) is 13.8 Å². The molecule has 0 atom stereocenters. The van der Waals surface area contributed by atoms with Gasteiger partial charge in [-0.3, -0.25) is 0 Å². The maximum absolute atomic E-state index is 2.39. The van der Waals surface area contributed by atoms with Crippen LogP contribution in [0.25, 0.3) is 0 Å². The summed E-state index contributed by atoms with van der Waals surface area (Å²) in [6.45, 7) is 0. The van der Waals surface area contributed by atoms with Gasteiger partial charge in [0, 0.05) is 0 Å². The van der Waals surface area contributed by atoms with Gasteiger partial charge in [0.2, 0.25) is 0 Å². The van der Waals surface area contributed by atoms with Crippen molar-refractivity contribution >= 4 is 47.0 Å². The Bertz CT molecular complexity index is 24.4. The van der Waals surface area contributed by atoms with Gasteiger partial charge >= 0.3 is 23.1 Å². The molecule has 0 N–H and O–H groups in total. The summed E-state index contributed by atoms with van der Waals surface area (Å²) in [6, 6.07) is 0. The molecule has 0 radical (unpaired) electrons. The van der Waals surface area contributed by atoms with E-state index in [-0.39, 0.29) is 54.5 Å². The molecule has 0 aromatic carbocycles. The number of hydrogen-bond donors (Lipinski definition) is 0. The zero-order valence-corrected chi connectivity index (χ0v) is 9.97. The maximum Gasteiger partial charge on any atom is 2.00 e. The van der Waals surface area contributed by atoms with Gasteiger partial charge in [0.1, 0.15) is 0 Å². The van der Waals surface area contributed by atoms with Crippen molar-refractivity contribution in [1.82, 2.24) is 0 Å². The van der Waals surface area contributed by atoms with Crippen LogP contribution in [0.15, 0.2) is 0 Å². The quantitative estimate of drug-likeness (QED) is 0.352. The Hall–Kier alpha value is 1.50. The van der Waals surface area contributed by atoms with Crippen LogP contribution in [-0.4, -0.2) is 23.1 Å². The third kappa shape index (κ3) is 9.50. The summed E-state index contributed by atoms with van der Waals surface area (Å²) < 4.78 is 0. The molecule has 1 fully saturated rings. The van der Waals surface area contributed by atoms with Crippen LogP contribution in [0.5, 0.6) is 0 Å². The van der Waals surface area contributed by atoms with E-state index < -0.39 is 0 Å². The summed E-state index contributed by atoms with van der Waals surface area (Å²) in [6.07, 6.45) is 9.50. The average Bonchev–Trinajstić information content (AvgIpc) is 1.72. The van der Waals surface area contributed by atoms with Crippen molar-refractivity contribution < 1.29 is 0 Å². The van der Waals surface area contributed by atoms with Gasteiger partial charge < -0.3 is 13.8 Å². The fourth-order valence-corrected chi connectivity index (χ4v) is 0.898. The Morgan fingerprint density at radius 3 is 1.44 bits per heavy atom. The molecule has 1 saturated carbocycles. The molecule has 1 rings (SSSR count). The minimum Gasteiger partial charge on any atom is -0.358 e. The largest absolute Gasteiger partial charge is 2.00 e. The Morgan fingerprint density at radius 2 is 1.33 bits per heavy atom. The molecule has 0 aliphatic heterocycles. The van der Waals surface area contributed by atoms with Crippen molar-refractivity contribution in [2.24, 2.45) is 0 Å². The first-order valence-electron chi connectivity index (χ1n) is 2.82. The SMILES string of the molecule is I.[CH-]1CCCCC1.[CH3-].[Mg+2]. The number of halogens is 1. The van der Waals surface area contributed by atoms with E-state index in [0.717, 1.165) is 0 Å². The molecule has 1 aliphatic carbocycles. The Kier molecular flexibility index (Phi) is 22.8. The maximum atomic E-state index is 2.39. The Labute approximate surface area is 92.3 Å². The molecule has 0 saturated heterocycles.